The van der Waals surface area contributed by atoms with E-state index in [0.717, 1.165) is 33.2 Å². The van der Waals surface area contributed by atoms with E-state index in [1.807, 2.05) is 56.3 Å². The van der Waals surface area contributed by atoms with Crippen molar-refractivity contribution < 1.29 is 19.2 Å². The fourth-order valence-electron chi connectivity index (χ4n) is 4.17. The van der Waals surface area contributed by atoms with E-state index in [1.165, 1.54) is 0 Å². The summed E-state index contributed by atoms with van der Waals surface area (Å²) in [6, 6.07) is 20.5. The maximum absolute atomic E-state index is 11.2. The minimum absolute atomic E-state index is 0. The number of aromatic nitrogens is 2. The van der Waals surface area contributed by atoms with Crippen molar-refractivity contribution in [2.75, 3.05) is 0 Å². The fraction of sp³-hybridized carbons (Fsp3) is 0.138. The molecule has 38 heavy (non-hydrogen) atoms. The average Bonchev–Trinajstić information content (AvgIpc) is 3.31. The molecule has 0 aliphatic rings. The fourth-order valence-corrected chi connectivity index (χ4v) is 4.75. The molecule has 0 bridgehead atoms. The quantitative estimate of drug-likeness (QED) is 0.207. The second-order valence-electron chi connectivity index (χ2n) is 8.88. The van der Waals surface area contributed by atoms with Crippen molar-refractivity contribution in [2.45, 2.75) is 26.4 Å². The number of carboxylic acid groups (broad SMARTS) is 1. The molecule has 6 nitrogen and oxygen atoms in total. The standard InChI is InChI=1S/C29H22Cl2N2O4.Na.H/c1-16(2)28-22(27(33-37-28)26-23(30)4-3-5-24(26)31)15-36-21-10-8-17(9-11-21)18-6-7-19-13-25(29(34)35)32-14-20(19)12-18;;/h3-14,16H,15H2,1-2H3,(H,34,35);;. The van der Waals surface area contributed by atoms with Crippen LogP contribution in [0.15, 0.2) is 77.4 Å². The Morgan fingerprint density at radius 3 is 2.32 bits per heavy atom. The predicted octanol–water partition coefficient (Wildman–Crippen LogP) is 7.62. The Hall–Kier alpha value is -2.87. The number of aromatic carboxylic acids is 1. The molecule has 1 N–H and O–H groups in total. The van der Waals surface area contributed by atoms with E-state index in [2.05, 4.69) is 10.1 Å². The van der Waals surface area contributed by atoms with Gasteiger partial charge < -0.3 is 14.4 Å². The summed E-state index contributed by atoms with van der Waals surface area (Å²) in [6.45, 7) is 4.29. The van der Waals surface area contributed by atoms with E-state index in [4.69, 9.17) is 37.6 Å². The maximum atomic E-state index is 11.2. The third kappa shape index (κ3) is 5.75. The van der Waals surface area contributed by atoms with E-state index in [0.29, 0.717) is 27.1 Å². The van der Waals surface area contributed by atoms with Crippen molar-refractivity contribution in [3.63, 3.8) is 0 Å². The summed E-state index contributed by atoms with van der Waals surface area (Å²) in [5, 5.41) is 16.1. The topological polar surface area (TPSA) is 85.5 Å². The number of ether oxygens (including phenoxy) is 1. The van der Waals surface area contributed by atoms with E-state index in [9.17, 15) is 4.79 Å². The van der Waals surface area contributed by atoms with Crippen LogP contribution >= 0.6 is 23.2 Å². The van der Waals surface area contributed by atoms with Crippen molar-refractivity contribution >= 4 is 69.5 Å². The summed E-state index contributed by atoms with van der Waals surface area (Å²) < 4.78 is 11.8. The van der Waals surface area contributed by atoms with Crippen molar-refractivity contribution in [1.82, 2.24) is 10.1 Å². The van der Waals surface area contributed by atoms with Gasteiger partial charge in [-0.05, 0) is 52.9 Å². The molecule has 9 heteroatoms. The first-order valence-electron chi connectivity index (χ1n) is 11.6. The summed E-state index contributed by atoms with van der Waals surface area (Å²) in [5.74, 6) is 0.454. The molecule has 2 aromatic heterocycles. The summed E-state index contributed by atoms with van der Waals surface area (Å²) in [6.07, 6.45) is 1.58. The van der Waals surface area contributed by atoms with Crippen molar-refractivity contribution in [3.8, 4) is 28.1 Å². The van der Waals surface area contributed by atoms with Gasteiger partial charge in [-0.15, -0.1) is 0 Å². The number of rotatable bonds is 7. The van der Waals surface area contributed by atoms with E-state index in [-0.39, 0.29) is 47.8 Å². The van der Waals surface area contributed by atoms with Crippen LogP contribution in [0.4, 0.5) is 0 Å². The summed E-state index contributed by atoms with van der Waals surface area (Å²) in [7, 11) is 0. The molecule has 0 unspecified atom stereocenters. The van der Waals surface area contributed by atoms with Gasteiger partial charge >= 0.3 is 35.5 Å². The zero-order valence-corrected chi connectivity index (χ0v) is 21.5. The van der Waals surface area contributed by atoms with Crippen LogP contribution in [0.3, 0.4) is 0 Å². The molecule has 0 saturated carbocycles. The first-order valence-corrected chi connectivity index (χ1v) is 12.4. The van der Waals surface area contributed by atoms with Crippen LogP contribution in [0.5, 0.6) is 5.75 Å². The van der Waals surface area contributed by atoms with Crippen LogP contribution in [-0.4, -0.2) is 50.8 Å². The molecule has 5 aromatic rings. The number of hydrogen-bond acceptors (Lipinski definition) is 5. The average molecular weight is 557 g/mol. The number of benzene rings is 3. The zero-order valence-electron chi connectivity index (χ0n) is 20.0. The van der Waals surface area contributed by atoms with Crippen molar-refractivity contribution in [1.29, 1.82) is 0 Å². The van der Waals surface area contributed by atoms with Gasteiger partial charge in [-0.25, -0.2) is 9.78 Å². The Morgan fingerprint density at radius 1 is 0.974 bits per heavy atom. The van der Waals surface area contributed by atoms with Crippen molar-refractivity contribution in [2.24, 2.45) is 0 Å². The van der Waals surface area contributed by atoms with Gasteiger partial charge in [0.2, 0.25) is 0 Å². The van der Waals surface area contributed by atoms with Gasteiger partial charge in [0.25, 0.3) is 0 Å². The number of hydrogen-bond donors (Lipinski definition) is 1. The molecule has 0 spiro atoms. The molecular weight excluding hydrogens is 534 g/mol. The monoisotopic (exact) mass is 556 g/mol. The van der Waals surface area contributed by atoms with Gasteiger partial charge in [-0.1, -0.05) is 72.5 Å². The molecular formula is C29H23Cl2N2NaO4. The number of nitrogens with zero attached hydrogens (tertiary/aromatic N) is 2. The second kappa shape index (κ2) is 11.9. The SMILES string of the molecule is CC(C)c1onc(-c2c(Cl)cccc2Cl)c1COc1ccc(-c2ccc3cc(C(=O)O)ncc3c2)cc1.[NaH]. The molecule has 5 rings (SSSR count). The van der Waals surface area contributed by atoms with Crippen LogP contribution in [0.25, 0.3) is 33.2 Å². The molecule has 0 atom stereocenters. The van der Waals surface area contributed by atoms with E-state index >= 15 is 0 Å². The van der Waals surface area contributed by atoms with Gasteiger partial charge in [0.15, 0.2) is 0 Å². The first kappa shape index (κ1) is 28.1. The number of carboxylic acids is 1. The van der Waals surface area contributed by atoms with Gasteiger partial charge in [0, 0.05) is 23.1 Å². The van der Waals surface area contributed by atoms with Crippen LogP contribution in [0.1, 0.15) is 41.6 Å². The van der Waals surface area contributed by atoms with Gasteiger partial charge in [0.1, 0.15) is 29.5 Å². The van der Waals surface area contributed by atoms with Crippen molar-refractivity contribution in [3.05, 3.63) is 100.0 Å². The molecule has 0 aliphatic heterocycles. The Labute approximate surface area is 251 Å². The molecule has 188 valence electrons. The zero-order chi connectivity index (χ0) is 26.1. The van der Waals surface area contributed by atoms with Crippen LogP contribution < -0.4 is 4.74 Å². The van der Waals surface area contributed by atoms with Gasteiger partial charge in [-0.3, -0.25) is 0 Å². The molecule has 3 aromatic carbocycles. The molecule has 2 heterocycles. The Kier molecular flexibility index (Phi) is 8.81. The third-order valence-electron chi connectivity index (χ3n) is 6.05. The summed E-state index contributed by atoms with van der Waals surface area (Å²) in [5.41, 5.74) is 4.00. The normalized spacial score (nSPS) is 11.0. The molecule has 0 amide bonds. The number of pyridine rings is 1. The molecule has 0 saturated heterocycles. The third-order valence-corrected chi connectivity index (χ3v) is 6.68. The van der Waals surface area contributed by atoms with Crippen LogP contribution in [0, 0.1) is 0 Å². The van der Waals surface area contributed by atoms with E-state index < -0.39 is 5.97 Å². The van der Waals surface area contributed by atoms with Gasteiger partial charge in [-0.2, -0.15) is 0 Å². The number of halogens is 2. The Morgan fingerprint density at radius 2 is 1.66 bits per heavy atom. The predicted molar refractivity (Wildman–Crippen MR) is 152 cm³/mol. The number of fused-ring (bicyclic) bond motifs is 1. The summed E-state index contributed by atoms with van der Waals surface area (Å²) >= 11 is 12.9. The summed E-state index contributed by atoms with van der Waals surface area (Å²) in [4.78, 5) is 15.2. The Balaban J connectivity index is 0.00000336. The molecule has 0 fully saturated rings. The molecule has 0 aliphatic carbocycles. The minimum atomic E-state index is -1.05. The molecule has 0 radical (unpaired) electrons. The first-order chi connectivity index (χ1) is 17.8. The van der Waals surface area contributed by atoms with Gasteiger partial charge in [0.05, 0.1) is 15.6 Å². The number of carbonyl (C=O) groups is 1. The van der Waals surface area contributed by atoms with Crippen LogP contribution in [-0.2, 0) is 6.61 Å². The van der Waals surface area contributed by atoms with Crippen LogP contribution in [0.2, 0.25) is 10.0 Å². The Bertz CT molecular complexity index is 1600. The second-order valence-corrected chi connectivity index (χ2v) is 9.69. The van der Waals surface area contributed by atoms with E-state index in [1.54, 1.807) is 30.5 Å².